The molecule has 0 spiro atoms. The smallest absolute Gasteiger partial charge is 0.252 e. The second-order valence-electron chi connectivity index (χ2n) is 25.8. The summed E-state index contributed by atoms with van der Waals surface area (Å²) in [4.78, 5) is 11.1. The molecule has 0 saturated heterocycles. The maximum absolute atomic E-state index is 5.49. The first-order valence-corrected chi connectivity index (χ1v) is 25.1. The molecular weight excluding hydrogens is 794 g/mol. The third-order valence-electron chi connectivity index (χ3n) is 16.1. The van der Waals surface area contributed by atoms with Gasteiger partial charge < -0.3 is 9.80 Å². The minimum atomic E-state index is -0.0695. The normalized spacial score (nSPS) is 20.7. The lowest BCUT2D eigenvalue weighted by molar-refractivity contribution is 0.193. The van der Waals surface area contributed by atoms with E-state index < -0.39 is 0 Å². The predicted octanol–water partition coefficient (Wildman–Crippen LogP) is 14.8. The number of hydrogen-bond acceptors (Lipinski definition) is 4. The first-order chi connectivity index (χ1) is 29.6. The molecule has 0 bridgehead atoms. The van der Waals surface area contributed by atoms with E-state index in [9.17, 15) is 0 Å². The summed E-state index contributed by atoms with van der Waals surface area (Å²) in [5.41, 5.74) is 21.8. The minimum Gasteiger partial charge on any atom is -0.335 e. The van der Waals surface area contributed by atoms with Crippen LogP contribution in [0.25, 0.3) is 20.8 Å². The molecule has 3 aliphatic heterocycles. The van der Waals surface area contributed by atoms with Crippen molar-refractivity contribution >= 4 is 73.1 Å². The van der Waals surface area contributed by atoms with Crippen LogP contribution in [0.15, 0.2) is 78.9 Å². The van der Waals surface area contributed by atoms with Crippen molar-refractivity contribution in [2.24, 2.45) is 0 Å². The molecule has 1 aromatic heterocycles. The van der Waals surface area contributed by atoms with E-state index in [1.54, 1.807) is 5.56 Å². The van der Waals surface area contributed by atoms with Gasteiger partial charge in [0.05, 0.1) is 15.8 Å². The minimum absolute atomic E-state index is 0.0147. The molecule has 1 saturated carbocycles. The van der Waals surface area contributed by atoms with Crippen LogP contribution in [0.2, 0.25) is 0 Å². The molecule has 332 valence electrons. The van der Waals surface area contributed by atoms with Gasteiger partial charge in [-0.2, -0.15) is 0 Å². The zero-order valence-corrected chi connectivity index (χ0v) is 43.0. The van der Waals surface area contributed by atoms with Gasteiger partial charge in [-0.15, -0.1) is 11.3 Å². The Hall–Kier alpha value is -4.35. The van der Waals surface area contributed by atoms with Crippen LogP contribution in [0.4, 0.5) is 28.4 Å². The summed E-state index contributed by atoms with van der Waals surface area (Å²) in [6.45, 7) is 40.9. The molecule has 1 fully saturated rings. The van der Waals surface area contributed by atoms with E-state index in [1.807, 2.05) is 11.3 Å². The number of hydrogen-bond donors (Lipinski definition) is 0. The molecule has 3 nitrogen and oxygen atoms in total. The average Bonchev–Trinajstić information content (AvgIpc) is 3.70. The molecular formula is C59H72BN3S. The Bertz CT molecular complexity index is 2870. The molecule has 0 amide bonds. The first-order valence-electron chi connectivity index (χ1n) is 24.3. The van der Waals surface area contributed by atoms with E-state index in [0.29, 0.717) is 0 Å². The maximum atomic E-state index is 5.49. The first kappa shape index (κ1) is 43.5. The molecule has 64 heavy (non-hydrogen) atoms. The number of benzene rings is 5. The summed E-state index contributed by atoms with van der Waals surface area (Å²) in [7, 11) is 0. The Morgan fingerprint density at radius 2 is 1.14 bits per heavy atom. The molecule has 10 rings (SSSR count). The van der Waals surface area contributed by atoms with Crippen molar-refractivity contribution < 1.29 is 0 Å². The highest BCUT2D eigenvalue weighted by Gasteiger charge is 2.62. The fourth-order valence-electron chi connectivity index (χ4n) is 12.0. The van der Waals surface area contributed by atoms with E-state index in [2.05, 4.69) is 206 Å². The van der Waals surface area contributed by atoms with E-state index >= 15 is 0 Å². The van der Waals surface area contributed by atoms with Crippen LogP contribution in [-0.4, -0.2) is 17.2 Å². The van der Waals surface area contributed by atoms with E-state index in [1.165, 1.54) is 109 Å². The molecule has 5 aromatic carbocycles. The molecule has 2 atom stereocenters. The van der Waals surface area contributed by atoms with E-state index in [0.717, 1.165) is 10.5 Å². The number of anilines is 5. The molecule has 5 heteroatoms. The van der Waals surface area contributed by atoms with Crippen LogP contribution < -0.4 is 26.2 Å². The Kier molecular flexibility index (Phi) is 9.27. The molecule has 1 aliphatic carbocycles. The molecule has 4 aliphatic rings. The molecule has 0 N–H and O–H groups in total. The lowest BCUT2D eigenvalue weighted by Crippen LogP contribution is -2.64. The van der Waals surface area contributed by atoms with Gasteiger partial charge in [0.15, 0.2) is 0 Å². The second kappa shape index (κ2) is 13.6. The Balaban J connectivity index is 1.34. The lowest BCUT2D eigenvalue weighted by Gasteiger charge is -2.53. The largest absolute Gasteiger partial charge is 0.335 e. The van der Waals surface area contributed by atoms with Crippen LogP contribution in [0.3, 0.4) is 0 Å². The highest BCUT2D eigenvalue weighted by atomic mass is 32.1. The van der Waals surface area contributed by atoms with Gasteiger partial charge in [-0.3, -0.25) is 0 Å². The van der Waals surface area contributed by atoms with Crippen molar-refractivity contribution in [3.8, 4) is 10.6 Å². The SMILES string of the molecule is CC(C)(C)c1ccc(-c2nc3cc4c(cc3s2)B2c3ccc(C(C)(C)C)c5c3N(c3cc(C(C)(C)C)cc(c32)N4c2cc(C(C)(C)C)cc(C(C)(C)C)c2)C2(C)CCCCC52C)cc1. The monoisotopic (exact) mass is 866 g/mol. The van der Waals surface area contributed by atoms with Gasteiger partial charge in [0.1, 0.15) is 5.01 Å². The lowest BCUT2D eigenvalue weighted by atomic mass is 9.33. The summed E-state index contributed by atoms with van der Waals surface area (Å²) in [6.07, 6.45) is 4.93. The highest BCUT2D eigenvalue weighted by Crippen LogP contribution is 2.63. The second-order valence-corrected chi connectivity index (χ2v) is 26.8. The summed E-state index contributed by atoms with van der Waals surface area (Å²) in [5.74, 6) is 0. The number of fused-ring (bicyclic) bond motifs is 8. The third-order valence-corrected chi connectivity index (χ3v) is 17.2. The van der Waals surface area contributed by atoms with Gasteiger partial charge in [-0.1, -0.05) is 166 Å². The van der Waals surface area contributed by atoms with Crippen LogP contribution in [-0.2, 0) is 32.5 Å². The Labute approximate surface area is 390 Å². The fourth-order valence-corrected chi connectivity index (χ4v) is 13.0. The molecule has 4 heterocycles. The molecule has 0 radical (unpaired) electrons. The van der Waals surface area contributed by atoms with E-state index in [4.69, 9.17) is 4.98 Å². The van der Waals surface area contributed by atoms with Crippen molar-refractivity contribution in [2.45, 2.75) is 181 Å². The Morgan fingerprint density at radius 3 is 1.73 bits per heavy atom. The van der Waals surface area contributed by atoms with E-state index in [-0.39, 0.29) is 44.7 Å². The van der Waals surface area contributed by atoms with Crippen LogP contribution in [0.1, 0.15) is 177 Å². The summed E-state index contributed by atoms with van der Waals surface area (Å²) in [5, 5.41) is 1.08. The zero-order valence-electron chi connectivity index (χ0n) is 42.2. The summed E-state index contributed by atoms with van der Waals surface area (Å²) in [6, 6.07) is 32.0. The Morgan fingerprint density at radius 1 is 0.562 bits per heavy atom. The van der Waals surface area contributed by atoms with Gasteiger partial charge in [0, 0.05) is 39.4 Å². The number of nitrogens with zero attached hydrogens (tertiary/aromatic N) is 3. The molecule has 2 unspecified atom stereocenters. The van der Waals surface area contributed by atoms with Crippen molar-refractivity contribution in [1.82, 2.24) is 4.98 Å². The van der Waals surface area contributed by atoms with Gasteiger partial charge in [-0.25, -0.2) is 4.98 Å². The van der Waals surface area contributed by atoms with Crippen LogP contribution in [0, 0.1) is 0 Å². The third kappa shape index (κ3) is 6.35. The van der Waals surface area contributed by atoms with Crippen molar-refractivity contribution in [3.63, 3.8) is 0 Å². The van der Waals surface area contributed by atoms with Gasteiger partial charge in [-0.05, 0) is 133 Å². The van der Waals surface area contributed by atoms with Crippen molar-refractivity contribution in [1.29, 1.82) is 0 Å². The standard InChI is InChI=1S/C59H72BN3S/c1-53(2,3)36-22-20-35(21-23-36)52-61-44-34-45-43(33-48(44)64-52)60-42-25-24-41(57(13,14)15)49-51(42)63(59(17)27-19-18-26-58(49,59)16)47-32-39(56(10,11)12)31-46(50(47)60)62(45)40-29-37(54(4,5)6)28-38(30-40)55(7,8)9/h20-25,28-34H,18-19,26-27H2,1-17H3. The van der Waals surface area contributed by atoms with Crippen LogP contribution in [0.5, 0.6) is 0 Å². The fraction of sp³-hybridized carbons (Fsp3) is 0.475. The number of rotatable bonds is 2. The van der Waals surface area contributed by atoms with Crippen molar-refractivity contribution in [3.05, 3.63) is 112 Å². The van der Waals surface area contributed by atoms with Crippen LogP contribution >= 0.6 is 11.3 Å². The van der Waals surface area contributed by atoms with Crippen molar-refractivity contribution in [2.75, 3.05) is 9.80 Å². The van der Waals surface area contributed by atoms with Gasteiger partial charge >= 0.3 is 0 Å². The summed E-state index contributed by atoms with van der Waals surface area (Å²) >= 11 is 1.85. The topological polar surface area (TPSA) is 19.4 Å². The van der Waals surface area contributed by atoms with Gasteiger partial charge in [0.25, 0.3) is 6.71 Å². The maximum Gasteiger partial charge on any atom is 0.252 e. The van der Waals surface area contributed by atoms with Gasteiger partial charge in [0.2, 0.25) is 0 Å². The number of aromatic nitrogens is 1. The predicted molar refractivity (Wildman–Crippen MR) is 281 cm³/mol. The zero-order chi connectivity index (χ0) is 46.1. The molecule has 6 aromatic rings. The highest BCUT2D eigenvalue weighted by molar-refractivity contribution is 7.21. The average molecular weight is 866 g/mol. The quantitative estimate of drug-likeness (QED) is 0.161. The summed E-state index contributed by atoms with van der Waals surface area (Å²) < 4.78 is 1.25. The number of thiazole rings is 1.